The van der Waals surface area contributed by atoms with Crippen molar-refractivity contribution in [2.75, 3.05) is 10.6 Å². The zero-order valence-electron chi connectivity index (χ0n) is 13.6. The molecule has 3 aromatic rings. The van der Waals surface area contributed by atoms with Crippen molar-refractivity contribution in [2.45, 2.75) is 6.92 Å². The number of amides is 2. The first-order valence-corrected chi connectivity index (χ1v) is 7.69. The maximum Gasteiger partial charge on any atom is 0.274 e. The van der Waals surface area contributed by atoms with E-state index in [-0.39, 0.29) is 17.5 Å². The lowest BCUT2D eigenvalue weighted by Crippen LogP contribution is -2.19. The summed E-state index contributed by atoms with van der Waals surface area (Å²) in [6.45, 7) is 1.86. The molecule has 2 N–H and O–H groups in total. The maximum atomic E-state index is 12.6. The minimum absolute atomic E-state index is 0.276. The first-order valence-electron chi connectivity index (χ1n) is 7.69. The van der Waals surface area contributed by atoms with Crippen LogP contribution in [0, 0.1) is 6.92 Å². The third kappa shape index (κ3) is 3.87. The molecule has 0 aliphatic carbocycles. The van der Waals surface area contributed by atoms with Gasteiger partial charge in [0.05, 0.1) is 11.3 Å². The van der Waals surface area contributed by atoms with E-state index >= 15 is 0 Å². The molecule has 0 saturated carbocycles. The van der Waals surface area contributed by atoms with Crippen molar-refractivity contribution in [1.82, 2.24) is 9.97 Å². The Balaban J connectivity index is 1.82. The number of nitrogens with one attached hydrogen (secondary N) is 2. The molecule has 0 saturated heterocycles. The number of carbonyl (C=O) groups is 2. The van der Waals surface area contributed by atoms with Crippen LogP contribution in [0.2, 0.25) is 0 Å². The largest absolute Gasteiger partial charge is 0.320 e. The summed E-state index contributed by atoms with van der Waals surface area (Å²) in [6.07, 6.45) is 3.15. The van der Waals surface area contributed by atoms with Gasteiger partial charge in [0.1, 0.15) is 11.5 Å². The van der Waals surface area contributed by atoms with Crippen molar-refractivity contribution in [1.29, 1.82) is 0 Å². The third-order valence-corrected chi connectivity index (χ3v) is 3.56. The molecule has 0 aliphatic rings. The fraction of sp³-hybridized carbons (Fsp3) is 0.0526. The summed E-state index contributed by atoms with van der Waals surface area (Å²) in [5.74, 6) is -0.244. The highest BCUT2D eigenvalue weighted by Crippen LogP contribution is 2.18. The summed E-state index contributed by atoms with van der Waals surface area (Å²) in [5, 5.41) is 5.49. The summed E-state index contributed by atoms with van der Waals surface area (Å²) >= 11 is 0. The number of rotatable bonds is 4. The number of aromatic nitrogens is 2. The smallest absolute Gasteiger partial charge is 0.274 e. The fourth-order valence-corrected chi connectivity index (χ4v) is 2.26. The minimum Gasteiger partial charge on any atom is -0.320 e. The number of anilines is 2. The molecule has 0 bridgehead atoms. The van der Waals surface area contributed by atoms with Crippen LogP contribution in [0.5, 0.6) is 0 Å². The van der Waals surface area contributed by atoms with E-state index in [1.807, 2.05) is 13.0 Å². The lowest BCUT2D eigenvalue weighted by molar-refractivity contribution is 0.102. The van der Waals surface area contributed by atoms with Crippen molar-refractivity contribution in [3.8, 4) is 0 Å². The molecule has 0 spiro atoms. The number of nitrogens with zero attached hydrogens (tertiary/aromatic N) is 2. The van der Waals surface area contributed by atoms with E-state index in [1.165, 1.54) is 6.20 Å². The molecule has 0 unspecified atom stereocenters. The van der Waals surface area contributed by atoms with E-state index in [0.717, 1.165) is 5.56 Å². The second-order valence-electron chi connectivity index (χ2n) is 5.34. The zero-order valence-corrected chi connectivity index (χ0v) is 13.6. The Morgan fingerprint density at radius 2 is 1.56 bits per heavy atom. The van der Waals surface area contributed by atoms with E-state index < -0.39 is 0 Å². The predicted molar refractivity (Wildman–Crippen MR) is 95.6 cm³/mol. The van der Waals surface area contributed by atoms with Crippen molar-refractivity contribution in [3.63, 3.8) is 0 Å². The molecule has 2 heterocycles. The highest BCUT2D eigenvalue weighted by molar-refractivity contribution is 6.12. The molecule has 0 radical (unpaired) electrons. The van der Waals surface area contributed by atoms with Crippen LogP contribution in [0.3, 0.4) is 0 Å². The fourth-order valence-electron chi connectivity index (χ4n) is 2.26. The molecule has 0 fully saturated rings. The number of hydrogen-bond acceptors (Lipinski definition) is 4. The average Bonchev–Trinajstić information content (AvgIpc) is 2.64. The van der Waals surface area contributed by atoms with Crippen LogP contribution in [0.4, 0.5) is 11.5 Å². The summed E-state index contributed by atoms with van der Waals surface area (Å²) < 4.78 is 0. The second-order valence-corrected chi connectivity index (χ2v) is 5.34. The molecule has 0 aliphatic heterocycles. The molecule has 6 heteroatoms. The van der Waals surface area contributed by atoms with E-state index in [2.05, 4.69) is 20.6 Å². The molecule has 6 nitrogen and oxygen atoms in total. The average molecular weight is 332 g/mol. The third-order valence-electron chi connectivity index (χ3n) is 3.56. The van der Waals surface area contributed by atoms with Gasteiger partial charge in [-0.2, -0.15) is 0 Å². The van der Waals surface area contributed by atoms with Gasteiger partial charge in [0.2, 0.25) is 0 Å². The molecule has 3 rings (SSSR count). The van der Waals surface area contributed by atoms with Crippen molar-refractivity contribution < 1.29 is 9.59 Å². The molecule has 25 heavy (non-hydrogen) atoms. The lowest BCUT2D eigenvalue weighted by Gasteiger charge is -2.11. The molecule has 1 aromatic carbocycles. The van der Waals surface area contributed by atoms with Crippen LogP contribution in [0.15, 0.2) is 67.0 Å². The first kappa shape index (κ1) is 16.3. The van der Waals surface area contributed by atoms with Gasteiger partial charge < -0.3 is 10.6 Å². The molecular formula is C19H16N4O2. The predicted octanol–water partition coefficient (Wildman–Crippen LogP) is 3.29. The van der Waals surface area contributed by atoms with Gasteiger partial charge in [-0.25, -0.2) is 4.98 Å². The lowest BCUT2D eigenvalue weighted by atomic mass is 10.1. The van der Waals surface area contributed by atoms with Crippen LogP contribution in [0.25, 0.3) is 0 Å². The van der Waals surface area contributed by atoms with Crippen LogP contribution in [-0.2, 0) is 0 Å². The summed E-state index contributed by atoms with van der Waals surface area (Å²) in [7, 11) is 0. The zero-order chi connectivity index (χ0) is 17.6. The SMILES string of the molecule is Cc1cccnc1NC(=O)c1ccccc1NC(=O)c1ccccn1. The van der Waals surface area contributed by atoms with Gasteiger partial charge in [-0.1, -0.05) is 24.3 Å². The van der Waals surface area contributed by atoms with E-state index in [9.17, 15) is 9.59 Å². The molecule has 124 valence electrons. The van der Waals surface area contributed by atoms with Gasteiger partial charge in [0.25, 0.3) is 11.8 Å². The number of pyridine rings is 2. The second kappa shape index (κ2) is 7.35. The summed E-state index contributed by atoms with van der Waals surface area (Å²) in [4.78, 5) is 33.0. The molecule has 2 amide bonds. The highest BCUT2D eigenvalue weighted by atomic mass is 16.2. The first-order chi connectivity index (χ1) is 12.1. The standard InChI is InChI=1S/C19H16N4O2/c1-13-7-6-12-21-17(13)23-18(24)14-8-2-3-9-15(14)22-19(25)16-10-4-5-11-20-16/h2-12H,1H3,(H,22,25)(H,21,23,24). The van der Waals surface area contributed by atoms with Crippen LogP contribution in [-0.4, -0.2) is 21.8 Å². The number of carbonyl (C=O) groups excluding carboxylic acids is 2. The van der Waals surface area contributed by atoms with Crippen LogP contribution >= 0.6 is 0 Å². The number of benzene rings is 1. The van der Waals surface area contributed by atoms with Crippen molar-refractivity contribution >= 4 is 23.3 Å². The van der Waals surface area contributed by atoms with Gasteiger partial charge in [-0.3, -0.25) is 14.6 Å². The van der Waals surface area contributed by atoms with Crippen molar-refractivity contribution in [2.24, 2.45) is 0 Å². The van der Waals surface area contributed by atoms with E-state index in [0.29, 0.717) is 17.1 Å². The van der Waals surface area contributed by atoms with E-state index in [1.54, 1.807) is 54.7 Å². The number of hydrogen-bond donors (Lipinski definition) is 2. The Labute approximate surface area is 145 Å². The summed E-state index contributed by atoms with van der Waals surface area (Å²) in [5.41, 5.74) is 1.88. The molecule has 2 aromatic heterocycles. The maximum absolute atomic E-state index is 12.6. The summed E-state index contributed by atoms with van der Waals surface area (Å²) in [6, 6.07) is 15.5. The van der Waals surface area contributed by atoms with Crippen LogP contribution < -0.4 is 10.6 Å². The van der Waals surface area contributed by atoms with Gasteiger partial charge in [0.15, 0.2) is 0 Å². The Bertz CT molecular complexity index is 910. The van der Waals surface area contributed by atoms with Crippen molar-refractivity contribution in [3.05, 3.63) is 83.8 Å². The van der Waals surface area contributed by atoms with Gasteiger partial charge in [-0.05, 0) is 42.8 Å². The molecule has 0 atom stereocenters. The Hall–Kier alpha value is -3.54. The Morgan fingerprint density at radius 1 is 0.800 bits per heavy atom. The number of aryl methyl sites for hydroxylation is 1. The normalized spacial score (nSPS) is 10.1. The van der Waals surface area contributed by atoms with Gasteiger partial charge in [0, 0.05) is 12.4 Å². The monoisotopic (exact) mass is 332 g/mol. The van der Waals surface area contributed by atoms with Crippen LogP contribution in [0.1, 0.15) is 26.4 Å². The quantitative estimate of drug-likeness (QED) is 0.768. The topological polar surface area (TPSA) is 84.0 Å². The number of para-hydroxylation sites is 1. The minimum atomic E-state index is -0.380. The van der Waals surface area contributed by atoms with E-state index in [4.69, 9.17) is 0 Å². The van der Waals surface area contributed by atoms with Gasteiger partial charge in [-0.15, -0.1) is 0 Å². The highest BCUT2D eigenvalue weighted by Gasteiger charge is 2.15. The van der Waals surface area contributed by atoms with Gasteiger partial charge >= 0.3 is 0 Å². The Kier molecular flexibility index (Phi) is 4.80. The molecular weight excluding hydrogens is 316 g/mol. The Morgan fingerprint density at radius 3 is 2.32 bits per heavy atom.